The molecule has 21 heavy (non-hydrogen) atoms. The summed E-state index contributed by atoms with van der Waals surface area (Å²) in [4.78, 5) is 25.1. The van der Waals surface area contributed by atoms with Crippen molar-refractivity contribution in [3.05, 3.63) is 29.8 Å². The minimum atomic E-state index is -3.52. The number of likely N-dealkylation sites (tertiary alicyclic amines) is 1. The van der Waals surface area contributed by atoms with Crippen LogP contribution in [0.5, 0.6) is 0 Å². The van der Waals surface area contributed by atoms with Crippen LogP contribution in [0.1, 0.15) is 23.7 Å². The number of nitrogens with zero attached hydrogens (tertiary/aromatic N) is 1. The Bertz CT molecular complexity index is 697. The first-order chi connectivity index (χ1) is 9.65. The highest BCUT2D eigenvalue weighted by Crippen LogP contribution is 2.31. The zero-order valence-electron chi connectivity index (χ0n) is 11.9. The number of benzene rings is 1. The average molecular weight is 311 g/mol. The SMILES string of the molecule is C[C@]1(C(=O)O)CCN(C(=O)c2ccccc2S(C)(=O)=O)C1. The van der Waals surface area contributed by atoms with Gasteiger partial charge in [0.05, 0.1) is 15.9 Å². The van der Waals surface area contributed by atoms with Crippen LogP contribution < -0.4 is 0 Å². The van der Waals surface area contributed by atoms with Gasteiger partial charge in [0.2, 0.25) is 0 Å². The van der Waals surface area contributed by atoms with E-state index in [0.29, 0.717) is 13.0 Å². The van der Waals surface area contributed by atoms with Crippen LogP contribution in [0.2, 0.25) is 0 Å². The molecule has 1 aliphatic heterocycles. The summed E-state index contributed by atoms with van der Waals surface area (Å²) in [5, 5.41) is 9.19. The molecule has 1 heterocycles. The molecule has 0 saturated carbocycles. The number of carboxylic acids is 1. The summed E-state index contributed by atoms with van der Waals surface area (Å²) in [6.45, 7) is 1.98. The molecule has 2 rings (SSSR count). The minimum Gasteiger partial charge on any atom is -0.481 e. The highest BCUT2D eigenvalue weighted by atomic mass is 32.2. The molecular weight excluding hydrogens is 294 g/mol. The lowest BCUT2D eigenvalue weighted by Crippen LogP contribution is -2.35. The number of hydrogen-bond acceptors (Lipinski definition) is 4. The van der Waals surface area contributed by atoms with Crippen LogP contribution in [0.3, 0.4) is 0 Å². The first kappa shape index (κ1) is 15.5. The topological polar surface area (TPSA) is 91.8 Å². The second-order valence-corrected chi connectivity index (χ2v) is 7.60. The Labute approximate surface area is 123 Å². The largest absolute Gasteiger partial charge is 0.481 e. The van der Waals surface area contributed by atoms with Crippen LogP contribution in [-0.2, 0) is 14.6 Å². The molecule has 1 aliphatic rings. The smallest absolute Gasteiger partial charge is 0.311 e. The number of aliphatic carboxylic acids is 1. The van der Waals surface area contributed by atoms with E-state index in [4.69, 9.17) is 0 Å². The molecule has 1 N–H and O–H groups in total. The number of carboxylic acid groups (broad SMARTS) is 1. The fourth-order valence-corrected chi connectivity index (χ4v) is 3.33. The Kier molecular flexibility index (Phi) is 3.79. The molecule has 0 spiro atoms. The van der Waals surface area contributed by atoms with Gasteiger partial charge in [-0.3, -0.25) is 9.59 Å². The van der Waals surface area contributed by atoms with Gasteiger partial charge in [0.15, 0.2) is 9.84 Å². The van der Waals surface area contributed by atoms with Gasteiger partial charge in [-0.05, 0) is 25.5 Å². The molecule has 7 heteroatoms. The van der Waals surface area contributed by atoms with E-state index >= 15 is 0 Å². The molecule has 1 aromatic rings. The standard InChI is InChI=1S/C14H17NO5S/c1-14(13(17)18)7-8-15(9-14)12(16)10-5-3-4-6-11(10)21(2,19)20/h3-6H,7-9H2,1-2H3,(H,17,18)/t14-/m0/s1. The third-order valence-electron chi connectivity index (χ3n) is 3.79. The molecule has 114 valence electrons. The van der Waals surface area contributed by atoms with Crippen molar-refractivity contribution in [2.45, 2.75) is 18.2 Å². The summed E-state index contributed by atoms with van der Waals surface area (Å²) < 4.78 is 23.5. The number of carbonyl (C=O) groups is 2. The molecule has 1 aromatic carbocycles. The Hall–Kier alpha value is -1.89. The number of carbonyl (C=O) groups excluding carboxylic acids is 1. The third kappa shape index (κ3) is 2.92. The van der Waals surface area contributed by atoms with Gasteiger partial charge in [0, 0.05) is 19.3 Å². The maximum Gasteiger partial charge on any atom is 0.311 e. The van der Waals surface area contributed by atoms with Gasteiger partial charge >= 0.3 is 5.97 Å². The fourth-order valence-electron chi connectivity index (χ4n) is 2.45. The predicted octanol–water partition coefficient (Wildman–Crippen LogP) is 1.03. The quantitative estimate of drug-likeness (QED) is 0.900. The molecule has 0 unspecified atom stereocenters. The average Bonchev–Trinajstić information content (AvgIpc) is 2.81. The monoisotopic (exact) mass is 311 g/mol. The van der Waals surface area contributed by atoms with E-state index in [0.717, 1.165) is 6.26 Å². The molecule has 0 aromatic heterocycles. The van der Waals surface area contributed by atoms with E-state index in [9.17, 15) is 23.1 Å². The first-order valence-corrected chi connectivity index (χ1v) is 8.36. The van der Waals surface area contributed by atoms with Gasteiger partial charge in [-0.2, -0.15) is 0 Å². The lowest BCUT2D eigenvalue weighted by molar-refractivity contribution is -0.147. The van der Waals surface area contributed by atoms with E-state index in [1.807, 2.05) is 0 Å². The van der Waals surface area contributed by atoms with Crippen molar-refractivity contribution in [3.8, 4) is 0 Å². The van der Waals surface area contributed by atoms with Crippen molar-refractivity contribution in [2.24, 2.45) is 5.41 Å². The zero-order valence-corrected chi connectivity index (χ0v) is 12.7. The first-order valence-electron chi connectivity index (χ1n) is 6.47. The summed E-state index contributed by atoms with van der Waals surface area (Å²) in [5.41, 5.74) is -0.884. The maximum atomic E-state index is 12.5. The summed E-state index contributed by atoms with van der Waals surface area (Å²) in [6, 6.07) is 5.98. The van der Waals surface area contributed by atoms with Crippen molar-refractivity contribution in [3.63, 3.8) is 0 Å². The number of amides is 1. The Morgan fingerprint density at radius 1 is 1.29 bits per heavy atom. The molecule has 1 fully saturated rings. The summed E-state index contributed by atoms with van der Waals surface area (Å²) >= 11 is 0. The Morgan fingerprint density at radius 3 is 2.43 bits per heavy atom. The second kappa shape index (κ2) is 5.14. The number of hydrogen-bond donors (Lipinski definition) is 1. The van der Waals surface area contributed by atoms with Crippen molar-refractivity contribution in [1.29, 1.82) is 0 Å². The molecule has 6 nitrogen and oxygen atoms in total. The van der Waals surface area contributed by atoms with Gasteiger partial charge in [0.1, 0.15) is 0 Å². The van der Waals surface area contributed by atoms with Crippen LogP contribution >= 0.6 is 0 Å². The Morgan fingerprint density at radius 2 is 1.90 bits per heavy atom. The summed E-state index contributed by atoms with van der Waals surface area (Å²) in [6.07, 6.45) is 1.40. The van der Waals surface area contributed by atoms with Crippen LogP contribution in [0.15, 0.2) is 29.2 Å². The number of sulfone groups is 1. The summed E-state index contributed by atoms with van der Waals surface area (Å²) in [5.74, 6) is -1.39. The van der Waals surface area contributed by atoms with Crippen molar-refractivity contribution in [1.82, 2.24) is 4.90 Å². The predicted molar refractivity (Wildman–Crippen MR) is 75.8 cm³/mol. The second-order valence-electron chi connectivity index (χ2n) is 5.61. The lowest BCUT2D eigenvalue weighted by Gasteiger charge is -2.21. The van der Waals surface area contributed by atoms with Crippen molar-refractivity contribution in [2.75, 3.05) is 19.3 Å². The van der Waals surface area contributed by atoms with Crippen LogP contribution in [0, 0.1) is 5.41 Å². The van der Waals surface area contributed by atoms with E-state index in [1.165, 1.54) is 17.0 Å². The van der Waals surface area contributed by atoms with E-state index < -0.39 is 27.1 Å². The molecule has 0 aliphatic carbocycles. The van der Waals surface area contributed by atoms with Crippen LogP contribution in [0.4, 0.5) is 0 Å². The normalized spacial score (nSPS) is 22.3. The third-order valence-corrected chi connectivity index (χ3v) is 4.95. The fraction of sp³-hybridized carbons (Fsp3) is 0.429. The van der Waals surface area contributed by atoms with E-state index in [-0.39, 0.29) is 17.0 Å². The van der Waals surface area contributed by atoms with Crippen LogP contribution in [-0.4, -0.2) is 49.6 Å². The van der Waals surface area contributed by atoms with Gasteiger partial charge in [0.25, 0.3) is 5.91 Å². The van der Waals surface area contributed by atoms with E-state index in [2.05, 4.69) is 0 Å². The molecule has 1 atom stereocenters. The molecule has 0 radical (unpaired) electrons. The molecule has 1 saturated heterocycles. The maximum absolute atomic E-state index is 12.5. The highest BCUT2D eigenvalue weighted by molar-refractivity contribution is 7.90. The van der Waals surface area contributed by atoms with Crippen molar-refractivity contribution >= 4 is 21.7 Å². The van der Waals surface area contributed by atoms with Gasteiger partial charge in [-0.25, -0.2) is 8.42 Å². The lowest BCUT2D eigenvalue weighted by atomic mass is 9.90. The van der Waals surface area contributed by atoms with Gasteiger partial charge in [-0.1, -0.05) is 12.1 Å². The zero-order chi connectivity index (χ0) is 15.8. The van der Waals surface area contributed by atoms with Crippen molar-refractivity contribution < 1.29 is 23.1 Å². The molecule has 0 bridgehead atoms. The van der Waals surface area contributed by atoms with Gasteiger partial charge in [-0.15, -0.1) is 0 Å². The van der Waals surface area contributed by atoms with Crippen LogP contribution in [0.25, 0.3) is 0 Å². The van der Waals surface area contributed by atoms with Gasteiger partial charge < -0.3 is 10.0 Å². The molecule has 1 amide bonds. The highest BCUT2D eigenvalue weighted by Gasteiger charge is 2.42. The Balaban J connectivity index is 2.34. The molecular formula is C14H17NO5S. The van der Waals surface area contributed by atoms with E-state index in [1.54, 1.807) is 19.1 Å². The number of rotatable bonds is 3. The summed E-state index contributed by atoms with van der Waals surface area (Å²) in [7, 11) is -3.52. The minimum absolute atomic E-state index is 0.0288.